The highest BCUT2D eigenvalue weighted by atomic mass is 16.6. The van der Waals surface area contributed by atoms with E-state index in [4.69, 9.17) is 18.9 Å². The third-order valence-corrected chi connectivity index (χ3v) is 3.26. The summed E-state index contributed by atoms with van der Waals surface area (Å²) in [5, 5.41) is 2.78. The Morgan fingerprint density at radius 3 is 2.21 bits per heavy atom. The van der Waals surface area contributed by atoms with Crippen LogP contribution in [0.3, 0.4) is 0 Å². The molecule has 0 aliphatic rings. The first-order valence-corrected chi connectivity index (χ1v) is 10.2. The highest BCUT2D eigenvalue weighted by Crippen LogP contribution is 2.19. The summed E-state index contributed by atoms with van der Waals surface area (Å²) in [5.74, 6) is 0.306. The first-order valence-electron chi connectivity index (χ1n) is 10.2. The minimum atomic E-state index is -0.613. The van der Waals surface area contributed by atoms with Crippen molar-refractivity contribution in [2.75, 3.05) is 26.4 Å². The van der Waals surface area contributed by atoms with E-state index >= 15 is 0 Å². The summed E-state index contributed by atoms with van der Waals surface area (Å²) in [4.78, 5) is 23.6. The number of rotatable bonds is 10. The van der Waals surface area contributed by atoms with Gasteiger partial charge >= 0.3 is 12.1 Å². The number of amides is 1. The van der Waals surface area contributed by atoms with Gasteiger partial charge in [-0.2, -0.15) is 0 Å². The van der Waals surface area contributed by atoms with Crippen LogP contribution >= 0.6 is 0 Å². The molecule has 1 N–H and O–H groups in total. The van der Waals surface area contributed by atoms with Gasteiger partial charge in [0.1, 0.15) is 18.0 Å². The molecule has 166 valence electrons. The van der Waals surface area contributed by atoms with Gasteiger partial charge in [0, 0.05) is 0 Å². The first-order chi connectivity index (χ1) is 13.7. The summed E-state index contributed by atoms with van der Waals surface area (Å²) >= 11 is 0. The van der Waals surface area contributed by atoms with E-state index in [0.717, 1.165) is 17.7 Å². The quantitative estimate of drug-likeness (QED) is 0.565. The van der Waals surface area contributed by atoms with Crippen LogP contribution < -0.4 is 10.1 Å². The van der Waals surface area contributed by atoms with Crippen molar-refractivity contribution in [3.8, 4) is 5.75 Å². The summed E-state index contributed by atoms with van der Waals surface area (Å²) in [5.41, 5.74) is 0.201. The number of esters is 1. The second-order valence-electron chi connectivity index (χ2n) is 6.94. The third kappa shape index (κ3) is 12.7. The number of ether oxygens (including phenoxy) is 4. The molecule has 1 aromatic carbocycles. The normalized spacial score (nSPS) is 11.6. The fraction of sp³-hybridized carbons (Fsp3) is 0.636. The summed E-state index contributed by atoms with van der Waals surface area (Å²) in [6.45, 7) is 14.0. The number of hydrogen-bond acceptors (Lipinski definition) is 6. The maximum Gasteiger partial charge on any atom is 0.408 e. The van der Waals surface area contributed by atoms with Gasteiger partial charge in [0.15, 0.2) is 0 Å². The molecule has 0 unspecified atom stereocenters. The molecule has 0 aromatic heterocycles. The monoisotopic (exact) mass is 411 g/mol. The largest absolute Gasteiger partial charge is 0.494 e. The molecule has 0 radical (unpaired) electrons. The number of nitrogens with one attached hydrogen (secondary N) is 1. The topological polar surface area (TPSA) is 83.1 Å². The van der Waals surface area contributed by atoms with Crippen LogP contribution in [0.5, 0.6) is 5.75 Å². The van der Waals surface area contributed by atoms with Gasteiger partial charge < -0.3 is 24.3 Å². The fourth-order valence-electron chi connectivity index (χ4n) is 2.15. The van der Waals surface area contributed by atoms with Crippen LogP contribution in [0.2, 0.25) is 0 Å². The van der Waals surface area contributed by atoms with Gasteiger partial charge in [0.05, 0.1) is 25.9 Å². The third-order valence-electron chi connectivity index (χ3n) is 3.26. The first kappa shape index (κ1) is 26.7. The zero-order chi connectivity index (χ0) is 22.3. The lowest BCUT2D eigenvalue weighted by molar-refractivity contribution is -0.148. The molecule has 0 saturated heterocycles. The van der Waals surface area contributed by atoms with Crippen molar-refractivity contribution in [2.45, 2.75) is 66.5 Å². The van der Waals surface area contributed by atoms with Crippen molar-refractivity contribution in [1.82, 2.24) is 5.32 Å². The molecule has 7 heteroatoms. The maximum atomic E-state index is 12.1. The molecular formula is C22H37NO6. The Morgan fingerprint density at radius 1 is 1.07 bits per heavy atom. The second kappa shape index (κ2) is 14.7. The molecule has 0 fully saturated rings. The Bertz CT molecular complexity index is 580. The summed E-state index contributed by atoms with van der Waals surface area (Å²) in [6, 6.07) is 6.89. The lowest BCUT2D eigenvalue weighted by atomic mass is 10.1. The van der Waals surface area contributed by atoms with Crippen molar-refractivity contribution in [3.05, 3.63) is 29.8 Å². The van der Waals surface area contributed by atoms with Crippen LogP contribution in [0, 0.1) is 0 Å². The Balaban J connectivity index is 0.00000379. The summed E-state index contributed by atoms with van der Waals surface area (Å²) in [6.07, 6.45) is 0.366. The number of benzene rings is 1. The average molecular weight is 412 g/mol. The molecule has 0 bridgehead atoms. The average Bonchev–Trinajstić information content (AvgIpc) is 2.66. The molecule has 0 spiro atoms. The van der Waals surface area contributed by atoms with E-state index < -0.39 is 23.7 Å². The molecule has 29 heavy (non-hydrogen) atoms. The lowest BCUT2D eigenvalue weighted by Crippen LogP contribution is -2.37. The van der Waals surface area contributed by atoms with E-state index in [0.29, 0.717) is 13.2 Å². The van der Waals surface area contributed by atoms with Crippen molar-refractivity contribution in [3.63, 3.8) is 0 Å². The Kier molecular flexibility index (Phi) is 13.5. The molecular weight excluding hydrogens is 374 g/mol. The van der Waals surface area contributed by atoms with E-state index in [2.05, 4.69) is 5.32 Å². The minimum Gasteiger partial charge on any atom is -0.494 e. The van der Waals surface area contributed by atoms with Gasteiger partial charge in [-0.25, -0.2) is 9.59 Å². The van der Waals surface area contributed by atoms with Crippen molar-refractivity contribution < 1.29 is 28.5 Å². The number of carbonyl (C=O) groups is 2. The van der Waals surface area contributed by atoms with Crippen LogP contribution in [-0.4, -0.2) is 44.1 Å². The van der Waals surface area contributed by atoms with Crippen molar-refractivity contribution in [2.24, 2.45) is 0 Å². The number of alkyl carbamates (subject to hydrolysis) is 1. The zero-order valence-electron chi connectivity index (χ0n) is 18.9. The molecule has 1 aromatic rings. The molecule has 0 aliphatic carbocycles. The summed E-state index contributed by atoms with van der Waals surface area (Å²) < 4.78 is 21.1. The van der Waals surface area contributed by atoms with Crippen LogP contribution in [0.4, 0.5) is 4.79 Å². The van der Waals surface area contributed by atoms with Crippen LogP contribution in [0.15, 0.2) is 24.3 Å². The molecule has 1 atom stereocenters. The minimum absolute atomic E-state index is 0.104. The van der Waals surface area contributed by atoms with Crippen LogP contribution in [0.25, 0.3) is 0 Å². The summed E-state index contributed by atoms with van der Waals surface area (Å²) in [7, 11) is 0. The second-order valence-corrected chi connectivity index (χ2v) is 6.94. The van der Waals surface area contributed by atoms with Gasteiger partial charge in [-0.1, -0.05) is 32.9 Å². The Hall–Kier alpha value is -2.28. The van der Waals surface area contributed by atoms with E-state index in [1.54, 1.807) is 27.7 Å². The molecule has 7 nitrogen and oxygen atoms in total. The van der Waals surface area contributed by atoms with E-state index in [9.17, 15) is 9.59 Å². The van der Waals surface area contributed by atoms with Crippen molar-refractivity contribution in [1.29, 1.82) is 0 Å². The highest BCUT2D eigenvalue weighted by molar-refractivity contribution is 5.70. The molecule has 0 aliphatic heterocycles. The van der Waals surface area contributed by atoms with Crippen molar-refractivity contribution >= 4 is 12.1 Å². The Morgan fingerprint density at radius 2 is 1.69 bits per heavy atom. The molecule has 0 saturated carbocycles. The Labute approximate surface area is 175 Å². The van der Waals surface area contributed by atoms with Crippen LogP contribution in [0.1, 0.15) is 66.5 Å². The standard InChI is InChI=1S/C20H31NO6.C2H6/c1-6-12-26-16-10-8-15(9-11-16)17(13-24-14-18(22)25-7-2)21-19(23)27-20(3,4)5;1-2/h8-11,17H,6-7,12-14H2,1-5H3,(H,21,23);1-2H3/t17-;/m1./s1. The van der Waals surface area contributed by atoms with Gasteiger partial charge in [0.2, 0.25) is 0 Å². The van der Waals surface area contributed by atoms with Crippen LogP contribution in [-0.2, 0) is 19.0 Å². The van der Waals surface area contributed by atoms with Gasteiger partial charge in [0.25, 0.3) is 0 Å². The number of hydrogen-bond donors (Lipinski definition) is 1. The molecule has 1 amide bonds. The molecule has 0 heterocycles. The predicted octanol–water partition coefficient (Wildman–Crippen LogP) is 4.65. The van der Waals surface area contributed by atoms with Gasteiger partial charge in [-0.3, -0.25) is 0 Å². The molecule has 1 rings (SSSR count). The smallest absolute Gasteiger partial charge is 0.408 e. The fourth-order valence-corrected chi connectivity index (χ4v) is 2.15. The van der Waals surface area contributed by atoms with Gasteiger partial charge in [-0.05, 0) is 51.8 Å². The van der Waals surface area contributed by atoms with E-state index in [-0.39, 0.29) is 13.2 Å². The SMILES string of the molecule is CC.CCCOc1ccc([C@@H](COCC(=O)OCC)NC(=O)OC(C)(C)C)cc1. The maximum absolute atomic E-state index is 12.1. The van der Waals surface area contributed by atoms with E-state index in [1.807, 2.05) is 45.0 Å². The zero-order valence-corrected chi connectivity index (χ0v) is 18.9. The lowest BCUT2D eigenvalue weighted by Gasteiger charge is -2.24. The predicted molar refractivity (Wildman–Crippen MR) is 113 cm³/mol. The highest BCUT2D eigenvalue weighted by Gasteiger charge is 2.21. The number of carbonyl (C=O) groups excluding carboxylic acids is 2. The van der Waals surface area contributed by atoms with E-state index in [1.165, 1.54) is 0 Å². The van der Waals surface area contributed by atoms with Gasteiger partial charge in [-0.15, -0.1) is 0 Å².